The van der Waals surface area contributed by atoms with Gasteiger partial charge in [0, 0.05) is 12.1 Å². The SMILES string of the molecule is O=CNc1nc(Cl)c(-c2ccc([N+](=O)[O-])cc2)c(Cl)n1. The molecule has 1 N–H and O–H groups in total. The van der Waals surface area contributed by atoms with Crippen molar-refractivity contribution in [3.8, 4) is 11.1 Å². The first-order valence-electron chi connectivity index (χ1n) is 5.21. The highest BCUT2D eigenvalue weighted by atomic mass is 35.5. The van der Waals surface area contributed by atoms with E-state index in [1.165, 1.54) is 24.3 Å². The minimum absolute atomic E-state index is 0.0272. The Morgan fingerprint density at radius 2 is 1.70 bits per heavy atom. The molecule has 0 bridgehead atoms. The molecule has 1 aromatic carbocycles. The van der Waals surface area contributed by atoms with Crippen LogP contribution in [0.4, 0.5) is 11.6 Å². The lowest BCUT2D eigenvalue weighted by atomic mass is 10.1. The summed E-state index contributed by atoms with van der Waals surface area (Å²) >= 11 is 12.0. The third-order valence-electron chi connectivity index (χ3n) is 2.38. The number of non-ortho nitro benzene ring substituents is 1. The molecule has 7 nitrogen and oxygen atoms in total. The van der Waals surface area contributed by atoms with Gasteiger partial charge in [-0.25, -0.2) is 9.97 Å². The molecular formula is C11H6Cl2N4O3. The molecule has 0 aliphatic carbocycles. The maximum Gasteiger partial charge on any atom is 0.269 e. The number of hydrogen-bond acceptors (Lipinski definition) is 5. The zero-order chi connectivity index (χ0) is 14.7. The first-order chi connectivity index (χ1) is 9.52. The van der Waals surface area contributed by atoms with Gasteiger partial charge in [-0.15, -0.1) is 0 Å². The Bertz CT molecular complexity index is 653. The third-order valence-corrected chi connectivity index (χ3v) is 2.92. The fourth-order valence-electron chi connectivity index (χ4n) is 1.51. The van der Waals surface area contributed by atoms with Gasteiger partial charge < -0.3 is 0 Å². The maximum atomic E-state index is 10.6. The van der Waals surface area contributed by atoms with Crippen LogP contribution >= 0.6 is 23.2 Å². The molecule has 2 aromatic rings. The number of nitro benzene ring substituents is 1. The number of carbonyl (C=O) groups is 1. The molecule has 0 fully saturated rings. The molecule has 0 saturated carbocycles. The van der Waals surface area contributed by atoms with Gasteiger partial charge in [-0.2, -0.15) is 0 Å². The monoisotopic (exact) mass is 312 g/mol. The predicted octanol–water partition coefficient (Wildman–Crippen LogP) is 2.93. The van der Waals surface area contributed by atoms with Gasteiger partial charge >= 0.3 is 0 Å². The standard InChI is InChI=1S/C11H6Cl2N4O3/c12-9-8(10(13)16-11(15-9)14-5-18)6-1-3-7(4-2-6)17(19)20/h1-5H,(H,14,15,16,18). The number of hydrogen-bond donors (Lipinski definition) is 1. The van der Waals surface area contributed by atoms with Gasteiger partial charge in [0.1, 0.15) is 10.3 Å². The molecule has 0 atom stereocenters. The van der Waals surface area contributed by atoms with Crippen LogP contribution < -0.4 is 5.32 Å². The lowest BCUT2D eigenvalue weighted by Crippen LogP contribution is -2.01. The number of benzene rings is 1. The molecule has 1 aromatic heterocycles. The molecule has 0 aliphatic heterocycles. The molecule has 0 radical (unpaired) electrons. The van der Waals surface area contributed by atoms with Crippen molar-refractivity contribution in [1.29, 1.82) is 0 Å². The highest BCUT2D eigenvalue weighted by molar-refractivity contribution is 6.37. The second kappa shape index (κ2) is 5.81. The second-order valence-corrected chi connectivity index (χ2v) is 4.29. The van der Waals surface area contributed by atoms with Gasteiger partial charge in [0.25, 0.3) is 5.69 Å². The van der Waals surface area contributed by atoms with Crippen LogP contribution in [0.5, 0.6) is 0 Å². The van der Waals surface area contributed by atoms with Crippen molar-refractivity contribution in [2.75, 3.05) is 5.32 Å². The van der Waals surface area contributed by atoms with Crippen LogP contribution in [0.3, 0.4) is 0 Å². The number of aromatic nitrogens is 2. The number of halogens is 2. The first kappa shape index (κ1) is 14.2. The summed E-state index contributed by atoms with van der Waals surface area (Å²) in [4.78, 5) is 28.1. The summed E-state index contributed by atoms with van der Waals surface area (Å²) in [6.45, 7) is 0. The van der Waals surface area contributed by atoms with E-state index >= 15 is 0 Å². The third kappa shape index (κ3) is 2.84. The Morgan fingerprint density at radius 3 is 2.15 bits per heavy atom. The Labute approximate surface area is 122 Å². The largest absolute Gasteiger partial charge is 0.297 e. The van der Waals surface area contributed by atoms with Gasteiger partial charge in [0.15, 0.2) is 0 Å². The summed E-state index contributed by atoms with van der Waals surface area (Å²) in [7, 11) is 0. The Morgan fingerprint density at radius 1 is 1.15 bits per heavy atom. The van der Waals surface area contributed by atoms with E-state index in [1.54, 1.807) is 0 Å². The van der Waals surface area contributed by atoms with Crippen LogP contribution in [-0.4, -0.2) is 21.3 Å². The van der Waals surface area contributed by atoms with Crippen molar-refractivity contribution >= 4 is 41.2 Å². The van der Waals surface area contributed by atoms with E-state index in [1.807, 2.05) is 0 Å². The summed E-state index contributed by atoms with van der Waals surface area (Å²) in [6, 6.07) is 5.61. The highest BCUT2D eigenvalue weighted by Gasteiger charge is 2.15. The van der Waals surface area contributed by atoms with Crippen LogP contribution in [-0.2, 0) is 4.79 Å². The Balaban J connectivity index is 2.46. The topological polar surface area (TPSA) is 98.0 Å². The smallest absolute Gasteiger partial charge is 0.269 e. The van der Waals surface area contributed by atoms with E-state index in [9.17, 15) is 14.9 Å². The van der Waals surface area contributed by atoms with Crippen LogP contribution in [0.1, 0.15) is 0 Å². The molecule has 2 rings (SSSR count). The number of nitrogens with one attached hydrogen (secondary N) is 1. The highest BCUT2D eigenvalue weighted by Crippen LogP contribution is 2.33. The Hall–Kier alpha value is -2.25. The van der Waals surface area contributed by atoms with E-state index in [-0.39, 0.29) is 21.9 Å². The molecule has 0 saturated heterocycles. The van der Waals surface area contributed by atoms with Crippen LogP contribution in [0, 0.1) is 10.1 Å². The quantitative estimate of drug-likeness (QED) is 0.405. The lowest BCUT2D eigenvalue weighted by Gasteiger charge is -2.07. The maximum absolute atomic E-state index is 10.6. The molecule has 0 unspecified atom stereocenters. The van der Waals surface area contributed by atoms with E-state index in [4.69, 9.17) is 23.2 Å². The fourth-order valence-corrected chi connectivity index (χ4v) is 2.12. The van der Waals surface area contributed by atoms with E-state index in [0.29, 0.717) is 17.5 Å². The van der Waals surface area contributed by atoms with Gasteiger partial charge in [-0.1, -0.05) is 23.2 Å². The van der Waals surface area contributed by atoms with E-state index in [0.717, 1.165) is 0 Å². The van der Waals surface area contributed by atoms with E-state index in [2.05, 4.69) is 15.3 Å². The van der Waals surface area contributed by atoms with Crippen molar-refractivity contribution in [3.63, 3.8) is 0 Å². The molecule has 20 heavy (non-hydrogen) atoms. The molecule has 102 valence electrons. The number of rotatable bonds is 4. The minimum Gasteiger partial charge on any atom is -0.297 e. The predicted molar refractivity (Wildman–Crippen MR) is 73.8 cm³/mol. The van der Waals surface area contributed by atoms with Crippen molar-refractivity contribution in [3.05, 3.63) is 44.7 Å². The summed E-state index contributed by atoms with van der Waals surface area (Å²) in [5.74, 6) is -0.0272. The number of amides is 1. The van der Waals surface area contributed by atoms with Gasteiger partial charge in [-0.05, 0) is 17.7 Å². The second-order valence-electron chi connectivity index (χ2n) is 3.57. The zero-order valence-electron chi connectivity index (χ0n) is 9.71. The fraction of sp³-hybridized carbons (Fsp3) is 0. The molecule has 0 aliphatic rings. The Kier molecular flexibility index (Phi) is 4.11. The summed E-state index contributed by atoms with van der Waals surface area (Å²) in [5.41, 5.74) is 0.809. The molecule has 1 amide bonds. The van der Waals surface area contributed by atoms with Crippen molar-refractivity contribution in [2.24, 2.45) is 0 Å². The van der Waals surface area contributed by atoms with Gasteiger partial charge in [0.05, 0.1) is 10.5 Å². The van der Waals surface area contributed by atoms with E-state index < -0.39 is 4.92 Å². The zero-order valence-corrected chi connectivity index (χ0v) is 11.2. The van der Waals surface area contributed by atoms with Gasteiger partial charge in [-0.3, -0.25) is 20.2 Å². The first-order valence-corrected chi connectivity index (χ1v) is 5.96. The lowest BCUT2D eigenvalue weighted by molar-refractivity contribution is -0.384. The van der Waals surface area contributed by atoms with Gasteiger partial charge in [0.2, 0.25) is 12.4 Å². The van der Waals surface area contributed by atoms with Crippen molar-refractivity contribution < 1.29 is 9.72 Å². The molecule has 0 spiro atoms. The molecule has 9 heteroatoms. The summed E-state index contributed by atoms with van der Waals surface area (Å²) < 4.78 is 0. The summed E-state index contributed by atoms with van der Waals surface area (Å²) in [6.07, 6.45) is 0.396. The number of carbonyl (C=O) groups excluding carboxylic acids is 1. The average Bonchev–Trinajstić information content (AvgIpc) is 2.39. The minimum atomic E-state index is -0.513. The molecule has 1 heterocycles. The number of anilines is 1. The number of nitrogens with zero attached hydrogens (tertiary/aromatic N) is 3. The normalized spacial score (nSPS) is 10.1. The molecular weight excluding hydrogens is 307 g/mol. The van der Waals surface area contributed by atoms with Crippen LogP contribution in [0.15, 0.2) is 24.3 Å². The number of nitro groups is 1. The van der Waals surface area contributed by atoms with Crippen molar-refractivity contribution in [2.45, 2.75) is 0 Å². The average molecular weight is 313 g/mol. The van der Waals surface area contributed by atoms with Crippen LogP contribution in [0.25, 0.3) is 11.1 Å². The van der Waals surface area contributed by atoms with Crippen LogP contribution in [0.2, 0.25) is 10.3 Å². The summed E-state index contributed by atoms with van der Waals surface area (Å²) in [5, 5.41) is 12.9. The van der Waals surface area contributed by atoms with Crippen molar-refractivity contribution in [1.82, 2.24) is 9.97 Å².